The zero-order valence-corrected chi connectivity index (χ0v) is 14.3. The Kier molecular flexibility index (Phi) is 4.60. The lowest BCUT2D eigenvalue weighted by Crippen LogP contribution is -2.52. The van der Waals surface area contributed by atoms with Crippen LogP contribution in [-0.4, -0.2) is 66.3 Å². The number of nitrogens with zero attached hydrogens (tertiary/aromatic N) is 3. The van der Waals surface area contributed by atoms with Crippen LogP contribution in [0.1, 0.15) is 12.0 Å². The van der Waals surface area contributed by atoms with Gasteiger partial charge in [0.2, 0.25) is 11.8 Å². The molecule has 0 radical (unpaired) electrons. The topological polar surface area (TPSA) is 43.9 Å². The highest BCUT2D eigenvalue weighted by molar-refractivity contribution is 6.31. The number of rotatable bonds is 2. The van der Waals surface area contributed by atoms with Crippen molar-refractivity contribution in [3.05, 3.63) is 34.9 Å². The largest absolute Gasteiger partial charge is 0.340 e. The molecule has 0 N–H and O–H groups in total. The Morgan fingerprint density at radius 1 is 1.22 bits per heavy atom. The van der Waals surface area contributed by atoms with Gasteiger partial charge in [-0.2, -0.15) is 0 Å². The maximum Gasteiger partial charge on any atom is 0.242 e. The number of likely N-dealkylation sites (N-methyl/N-ethyl adjacent to an activating group) is 2. The second kappa shape index (κ2) is 6.49. The second-order valence-electron chi connectivity index (χ2n) is 6.49. The van der Waals surface area contributed by atoms with Crippen molar-refractivity contribution in [2.45, 2.75) is 19.0 Å². The third-order valence-corrected chi connectivity index (χ3v) is 5.34. The van der Waals surface area contributed by atoms with E-state index in [2.05, 4.69) is 4.90 Å². The van der Waals surface area contributed by atoms with Crippen molar-refractivity contribution in [3.63, 3.8) is 0 Å². The first-order chi connectivity index (χ1) is 11.0. The average Bonchev–Trinajstić information content (AvgIpc) is 2.61. The molecule has 2 amide bonds. The van der Waals surface area contributed by atoms with Gasteiger partial charge >= 0.3 is 0 Å². The number of hydrogen-bond acceptors (Lipinski definition) is 3. The van der Waals surface area contributed by atoms with Gasteiger partial charge in [0, 0.05) is 44.8 Å². The van der Waals surface area contributed by atoms with Gasteiger partial charge in [-0.25, -0.2) is 0 Å². The Bertz CT molecular complexity index is 622. The van der Waals surface area contributed by atoms with E-state index in [1.165, 1.54) is 0 Å². The van der Waals surface area contributed by atoms with Crippen LogP contribution in [0, 0.1) is 5.92 Å². The minimum Gasteiger partial charge on any atom is -0.340 e. The lowest BCUT2D eigenvalue weighted by Gasteiger charge is -2.40. The SMILES string of the molecule is CN1CC(=O)N(C)[C@@H]2CCN(Cc3ccccc3Cl)C[C@@H]2C1=O. The quantitative estimate of drug-likeness (QED) is 0.822. The van der Waals surface area contributed by atoms with Crippen LogP contribution >= 0.6 is 11.6 Å². The molecule has 1 aromatic rings. The highest BCUT2D eigenvalue weighted by atomic mass is 35.5. The minimum absolute atomic E-state index is 0.00226. The van der Waals surface area contributed by atoms with Crippen LogP contribution in [0.5, 0.6) is 0 Å². The van der Waals surface area contributed by atoms with Crippen molar-refractivity contribution in [2.24, 2.45) is 5.92 Å². The zero-order valence-electron chi connectivity index (χ0n) is 13.5. The fourth-order valence-electron chi connectivity index (χ4n) is 3.58. The van der Waals surface area contributed by atoms with Gasteiger partial charge in [-0.3, -0.25) is 14.5 Å². The first-order valence-electron chi connectivity index (χ1n) is 7.93. The predicted molar refractivity (Wildman–Crippen MR) is 89.0 cm³/mol. The van der Waals surface area contributed by atoms with Crippen molar-refractivity contribution in [1.82, 2.24) is 14.7 Å². The smallest absolute Gasteiger partial charge is 0.242 e. The van der Waals surface area contributed by atoms with Crippen molar-refractivity contribution >= 4 is 23.4 Å². The van der Waals surface area contributed by atoms with Crippen molar-refractivity contribution < 1.29 is 9.59 Å². The maximum atomic E-state index is 12.6. The molecule has 6 heteroatoms. The summed E-state index contributed by atoms with van der Waals surface area (Å²) >= 11 is 6.25. The van der Waals surface area contributed by atoms with Crippen LogP contribution in [0.2, 0.25) is 5.02 Å². The van der Waals surface area contributed by atoms with Crippen molar-refractivity contribution in [2.75, 3.05) is 33.7 Å². The van der Waals surface area contributed by atoms with E-state index in [9.17, 15) is 9.59 Å². The Balaban J connectivity index is 1.77. The highest BCUT2D eigenvalue weighted by Crippen LogP contribution is 2.28. The molecule has 0 spiro atoms. The Labute approximate surface area is 141 Å². The van der Waals surface area contributed by atoms with E-state index in [1.54, 1.807) is 16.8 Å². The molecule has 5 nitrogen and oxygen atoms in total. The van der Waals surface area contributed by atoms with Crippen LogP contribution < -0.4 is 0 Å². The molecule has 23 heavy (non-hydrogen) atoms. The molecule has 124 valence electrons. The van der Waals surface area contributed by atoms with Gasteiger partial charge in [0.05, 0.1) is 12.5 Å². The first-order valence-corrected chi connectivity index (χ1v) is 8.31. The van der Waals surface area contributed by atoms with Crippen LogP contribution in [0.15, 0.2) is 24.3 Å². The van der Waals surface area contributed by atoms with E-state index in [0.29, 0.717) is 6.54 Å². The summed E-state index contributed by atoms with van der Waals surface area (Å²) in [6.45, 7) is 2.43. The van der Waals surface area contributed by atoms with E-state index in [0.717, 1.165) is 30.1 Å². The number of carbonyl (C=O) groups excluding carboxylic acids is 2. The van der Waals surface area contributed by atoms with Gasteiger partial charge in [0.15, 0.2) is 0 Å². The number of fused-ring (bicyclic) bond motifs is 1. The lowest BCUT2D eigenvalue weighted by molar-refractivity contribution is -0.136. The monoisotopic (exact) mass is 335 g/mol. The fraction of sp³-hybridized carbons (Fsp3) is 0.529. The molecule has 2 aliphatic heterocycles. The number of carbonyl (C=O) groups is 2. The summed E-state index contributed by atoms with van der Waals surface area (Å²) in [5, 5.41) is 0.756. The highest BCUT2D eigenvalue weighted by Gasteiger charge is 2.42. The van der Waals surface area contributed by atoms with E-state index < -0.39 is 0 Å². The molecular formula is C17H22ClN3O2. The average molecular weight is 336 g/mol. The molecular weight excluding hydrogens is 314 g/mol. The number of halogens is 1. The summed E-state index contributed by atoms with van der Waals surface area (Å²) in [6.07, 6.45) is 0.816. The number of likely N-dealkylation sites (tertiary alicyclic amines) is 1. The van der Waals surface area contributed by atoms with Gasteiger partial charge < -0.3 is 9.80 Å². The van der Waals surface area contributed by atoms with Gasteiger partial charge in [-0.1, -0.05) is 29.8 Å². The Hall–Kier alpha value is -1.59. The molecule has 2 atom stereocenters. The van der Waals surface area contributed by atoms with Crippen LogP contribution in [0.3, 0.4) is 0 Å². The van der Waals surface area contributed by atoms with Crippen LogP contribution in [0.4, 0.5) is 0 Å². The lowest BCUT2D eigenvalue weighted by atomic mass is 9.90. The number of piperidine rings is 1. The molecule has 2 heterocycles. The molecule has 1 aromatic carbocycles. The summed E-state index contributed by atoms with van der Waals surface area (Å²) in [4.78, 5) is 30.4. The van der Waals surface area contributed by atoms with E-state index in [-0.39, 0.29) is 30.3 Å². The first kappa shape index (κ1) is 16.3. The molecule has 0 unspecified atom stereocenters. The molecule has 2 saturated heterocycles. The molecule has 2 aliphatic rings. The van der Waals surface area contributed by atoms with E-state index in [4.69, 9.17) is 11.6 Å². The standard InChI is InChI=1S/C17H22ClN3O2/c1-19-11-16(22)20(2)15-7-8-21(10-13(15)17(19)23)9-12-5-3-4-6-14(12)18/h3-6,13,15H,7-11H2,1-2H3/t13-,15+/m0/s1. The summed E-state index contributed by atoms with van der Waals surface area (Å²) in [5.41, 5.74) is 1.08. The molecule has 0 saturated carbocycles. The zero-order chi connectivity index (χ0) is 16.6. The maximum absolute atomic E-state index is 12.6. The van der Waals surface area contributed by atoms with Gasteiger partial charge in [0.25, 0.3) is 0 Å². The minimum atomic E-state index is -0.160. The summed E-state index contributed by atoms with van der Waals surface area (Å²) in [6, 6.07) is 7.81. The van der Waals surface area contributed by atoms with Crippen molar-refractivity contribution in [1.29, 1.82) is 0 Å². The molecule has 0 bridgehead atoms. The number of benzene rings is 1. The van der Waals surface area contributed by atoms with Gasteiger partial charge in [-0.05, 0) is 18.1 Å². The summed E-state index contributed by atoms with van der Waals surface area (Å²) in [5.74, 6) is -0.0721. The third kappa shape index (κ3) is 3.21. The van der Waals surface area contributed by atoms with Gasteiger partial charge in [-0.15, -0.1) is 0 Å². The van der Waals surface area contributed by atoms with Crippen LogP contribution in [0.25, 0.3) is 0 Å². The second-order valence-corrected chi connectivity index (χ2v) is 6.90. The normalized spacial score (nSPS) is 26.2. The summed E-state index contributed by atoms with van der Waals surface area (Å²) < 4.78 is 0. The van der Waals surface area contributed by atoms with E-state index in [1.807, 2.05) is 31.3 Å². The predicted octanol–water partition coefficient (Wildman–Crippen LogP) is 1.46. The Morgan fingerprint density at radius 3 is 2.70 bits per heavy atom. The number of amides is 2. The van der Waals surface area contributed by atoms with Crippen LogP contribution in [-0.2, 0) is 16.1 Å². The molecule has 0 aliphatic carbocycles. The fourth-order valence-corrected chi connectivity index (χ4v) is 3.78. The van der Waals surface area contributed by atoms with Crippen molar-refractivity contribution in [3.8, 4) is 0 Å². The molecule has 3 rings (SSSR count). The molecule has 0 aromatic heterocycles. The Morgan fingerprint density at radius 2 is 1.96 bits per heavy atom. The third-order valence-electron chi connectivity index (χ3n) is 4.97. The number of hydrogen-bond donors (Lipinski definition) is 0. The van der Waals surface area contributed by atoms with Gasteiger partial charge in [0.1, 0.15) is 0 Å². The molecule has 2 fully saturated rings. The summed E-state index contributed by atoms with van der Waals surface area (Å²) in [7, 11) is 3.53. The van der Waals surface area contributed by atoms with E-state index >= 15 is 0 Å².